The van der Waals surface area contributed by atoms with Crippen molar-refractivity contribution in [3.05, 3.63) is 34.9 Å². The molecule has 1 aliphatic carbocycles. The third kappa shape index (κ3) is 1.65. The number of ether oxygens (including phenoxy) is 1. The molecule has 2 nitrogen and oxygen atoms in total. The van der Waals surface area contributed by atoms with E-state index in [1.54, 1.807) is 13.2 Å². The fourth-order valence-electron chi connectivity index (χ4n) is 1.87. The largest absolute Gasteiger partial charge is 0.385 e. The molecule has 0 saturated heterocycles. The molecule has 1 saturated carbocycles. The Morgan fingerprint density at radius 3 is 2.79 bits per heavy atom. The molecule has 1 fully saturated rings. The number of benzene rings is 1. The summed E-state index contributed by atoms with van der Waals surface area (Å²) >= 11 is 5.86. The van der Waals surface area contributed by atoms with Crippen molar-refractivity contribution in [1.29, 1.82) is 0 Å². The average Bonchev–Trinajstić information content (AvgIpc) is 2.13. The standard InChI is InChI=1S/C11H13ClO2/c1-14-10-6-11(13,7-10)8-3-2-4-9(12)5-8/h2-5,10,13H,6-7H2,1H3. The molecule has 1 N–H and O–H groups in total. The molecule has 0 amide bonds. The van der Waals surface area contributed by atoms with Gasteiger partial charge in [-0.3, -0.25) is 0 Å². The van der Waals surface area contributed by atoms with E-state index in [1.807, 2.05) is 18.2 Å². The van der Waals surface area contributed by atoms with Crippen molar-refractivity contribution < 1.29 is 9.84 Å². The van der Waals surface area contributed by atoms with Crippen LogP contribution in [0.2, 0.25) is 5.02 Å². The molecule has 1 aliphatic rings. The van der Waals surface area contributed by atoms with E-state index in [9.17, 15) is 5.11 Å². The highest BCUT2D eigenvalue weighted by atomic mass is 35.5. The SMILES string of the molecule is COC1CC(O)(c2cccc(Cl)c2)C1. The van der Waals surface area contributed by atoms with Gasteiger partial charge in [-0.1, -0.05) is 23.7 Å². The van der Waals surface area contributed by atoms with Crippen LogP contribution in [0.5, 0.6) is 0 Å². The minimum atomic E-state index is -0.731. The molecule has 1 aromatic carbocycles. The van der Waals surface area contributed by atoms with Crippen LogP contribution in [-0.2, 0) is 10.3 Å². The zero-order valence-electron chi connectivity index (χ0n) is 8.03. The van der Waals surface area contributed by atoms with Gasteiger partial charge in [-0.25, -0.2) is 0 Å². The normalized spacial score (nSPS) is 31.2. The lowest BCUT2D eigenvalue weighted by Crippen LogP contribution is -2.45. The van der Waals surface area contributed by atoms with Gasteiger partial charge in [-0.05, 0) is 17.7 Å². The van der Waals surface area contributed by atoms with E-state index in [0.717, 1.165) is 5.56 Å². The average molecular weight is 213 g/mol. The van der Waals surface area contributed by atoms with Crippen LogP contribution < -0.4 is 0 Å². The quantitative estimate of drug-likeness (QED) is 0.816. The molecule has 3 heteroatoms. The molecule has 1 aromatic rings. The summed E-state index contributed by atoms with van der Waals surface area (Å²) in [6.07, 6.45) is 1.49. The second kappa shape index (κ2) is 3.54. The zero-order valence-corrected chi connectivity index (χ0v) is 8.79. The summed E-state index contributed by atoms with van der Waals surface area (Å²) in [5.41, 5.74) is 0.157. The van der Waals surface area contributed by atoms with Gasteiger partial charge in [0.1, 0.15) is 0 Å². The number of hydrogen-bond donors (Lipinski definition) is 1. The van der Waals surface area contributed by atoms with Crippen molar-refractivity contribution in [3.8, 4) is 0 Å². The van der Waals surface area contributed by atoms with Gasteiger partial charge in [0, 0.05) is 25.0 Å². The molecular weight excluding hydrogens is 200 g/mol. The van der Waals surface area contributed by atoms with Crippen LogP contribution in [0.4, 0.5) is 0 Å². The summed E-state index contributed by atoms with van der Waals surface area (Å²) in [7, 11) is 1.67. The van der Waals surface area contributed by atoms with Crippen molar-refractivity contribution in [1.82, 2.24) is 0 Å². The van der Waals surface area contributed by atoms with Gasteiger partial charge < -0.3 is 9.84 Å². The van der Waals surface area contributed by atoms with Crippen molar-refractivity contribution >= 4 is 11.6 Å². The van der Waals surface area contributed by atoms with Crippen molar-refractivity contribution in [2.24, 2.45) is 0 Å². The lowest BCUT2D eigenvalue weighted by atomic mass is 9.73. The highest BCUT2D eigenvalue weighted by Gasteiger charge is 2.44. The highest BCUT2D eigenvalue weighted by Crippen LogP contribution is 2.43. The van der Waals surface area contributed by atoms with Gasteiger partial charge in [0.15, 0.2) is 0 Å². The van der Waals surface area contributed by atoms with Crippen LogP contribution in [0.15, 0.2) is 24.3 Å². The molecule has 0 atom stereocenters. The van der Waals surface area contributed by atoms with Gasteiger partial charge >= 0.3 is 0 Å². The Balaban J connectivity index is 2.16. The van der Waals surface area contributed by atoms with Gasteiger partial charge in [-0.2, -0.15) is 0 Å². The molecule has 2 rings (SSSR count). The van der Waals surface area contributed by atoms with Crippen molar-refractivity contribution in [2.75, 3.05) is 7.11 Å². The first-order valence-corrected chi connectivity index (χ1v) is 5.03. The fraction of sp³-hybridized carbons (Fsp3) is 0.455. The maximum Gasteiger partial charge on any atom is 0.0946 e. The van der Waals surface area contributed by atoms with Crippen molar-refractivity contribution in [2.45, 2.75) is 24.5 Å². The minimum absolute atomic E-state index is 0.180. The topological polar surface area (TPSA) is 29.5 Å². The Morgan fingerprint density at radius 1 is 1.50 bits per heavy atom. The molecule has 14 heavy (non-hydrogen) atoms. The molecule has 0 radical (unpaired) electrons. The van der Waals surface area contributed by atoms with Gasteiger partial charge in [-0.15, -0.1) is 0 Å². The third-order valence-corrected chi connectivity index (χ3v) is 3.06. The lowest BCUT2D eigenvalue weighted by Gasteiger charge is -2.43. The molecule has 0 aliphatic heterocycles. The summed E-state index contributed by atoms with van der Waals surface area (Å²) in [5, 5.41) is 10.8. The lowest BCUT2D eigenvalue weighted by molar-refractivity contribution is -0.133. The Bertz CT molecular complexity index is 332. The molecule has 0 unspecified atom stereocenters. The fourth-order valence-corrected chi connectivity index (χ4v) is 2.06. The van der Waals surface area contributed by atoms with Crippen LogP contribution in [-0.4, -0.2) is 18.3 Å². The Kier molecular flexibility index (Phi) is 2.52. The number of aliphatic hydroxyl groups is 1. The zero-order chi connectivity index (χ0) is 10.2. The minimum Gasteiger partial charge on any atom is -0.385 e. The molecule has 0 spiro atoms. The van der Waals surface area contributed by atoms with E-state index >= 15 is 0 Å². The van der Waals surface area contributed by atoms with E-state index in [2.05, 4.69) is 0 Å². The Morgan fingerprint density at radius 2 is 2.21 bits per heavy atom. The van der Waals surface area contributed by atoms with Crippen LogP contribution >= 0.6 is 11.6 Å². The Hall–Kier alpha value is -0.570. The van der Waals surface area contributed by atoms with Crippen LogP contribution in [0.3, 0.4) is 0 Å². The van der Waals surface area contributed by atoms with E-state index in [-0.39, 0.29) is 6.10 Å². The molecule has 0 heterocycles. The predicted octanol–water partition coefficient (Wildman–Crippen LogP) is 2.34. The van der Waals surface area contributed by atoms with E-state index in [4.69, 9.17) is 16.3 Å². The molecule has 0 bridgehead atoms. The second-order valence-corrected chi connectivity index (χ2v) is 4.24. The number of rotatable bonds is 2. The monoisotopic (exact) mass is 212 g/mol. The molecule has 76 valence electrons. The van der Waals surface area contributed by atoms with E-state index in [0.29, 0.717) is 17.9 Å². The van der Waals surface area contributed by atoms with Crippen LogP contribution in [0.1, 0.15) is 18.4 Å². The van der Waals surface area contributed by atoms with E-state index < -0.39 is 5.60 Å². The highest BCUT2D eigenvalue weighted by molar-refractivity contribution is 6.30. The number of halogens is 1. The summed E-state index contributed by atoms with van der Waals surface area (Å²) in [5.74, 6) is 0. The van der Waals surface area contributed by atoms with Crippen LogP contribution in [0, 0.1) is 0 Å². The maximum atomic E-state index is 10.2. The summed E-state index contributed by atoms with van der Waals surface area (Å²) in [6.45, 7) is 0. The predicted molar refractivity (Wildman–Crippen MR) is 55.4 cm³/mol. The second-order valence-electron chi connectivity index (χ2n) is 3.81. The molecular formula is C11H13ClO2. The first kappa shape index (κ1) is 9.97. The first-order valence-electron chi connectivity index (χ1n) is 4.65. The van der Waals surface area contributed by atoms with Crippen molar-refractivity contribution in [3.63, 3.8) is 0 Å². The van der Waals surface area contributed by atoms with Gasteiger partial charge in [0.2, 0.25) is 0 Å². The van der Waals surface area contributed by atoms with E-state index in [1.165, 1.54) is 0 Å². The summed E-state index contributed by atoms with van der Waals surface area (Å²) in [6, 6.07) is 7.38. The van der Waals surface area contributed by atoms with Gasteiger partial charge in [0.25, 0.3) is 0 Å². The Labute approximate surface area is 88.5 Å². The van der Waals surface area contributed by atoms with Gasteiger partial charge in [0.05, 0.1) is 11.7 Å². The van der Waals surface area contributed by atoms with Crippen LogP contribution in [0.25, 0.3) is 0 Å². The molecule has 0 aromatic heterocycles. The summed E-state index contributed by atoms with van der Waals surface area (Å²) < 4.78 is 5.14. The maximum absolute atomic E-state index is 10.2. The first-order chi connectivity index (χ1) is 6.64. The number of hydrogen-bond acceptors (Lipinski definition) is 2. The number of methoxy groups -OCH3 is 1. The smallest absolute Gasteiger partial charge is 0.0946 e. The third-order valence-electron chi connectivity index (χ3n) is 2.83. The summed E-state index contributed by atoms with van der Waals surface area (Å²) in [4.78, 5) is 0.